The average Bonchev–Trinajstić information content (AvgIpc) is 2.60. The molecule has 0 saturated heterocycles. The summed E-state index contributed by atoms with van der Waals surface area (Å²) in [5.41, 5.74) is 1.31. The van der Waals surface area contributed by atoms with Gasteiger partial charge in [0.1, 0.15) is 12.4 Å². The maximum Gasteiger partial charge on any atom is 0.343 e. The normalized spacial score (nSPS) is 18.1. The number of ketones is 1. The molecule has 0 radical (unpaired) electrons. The lowest BCUT2D eigenvalue weighted by atomic mass is 9.85. The summed E-state index contributed by atoms with van der Waals surface area (Å²) in [6, 6.07) is 8.72. The van der Waals surface area contributed by atoms with Crippen LogP contribution in [0.3, 0.4) is 0 Å². The number of nitrogens with zero attached hydrogens (tertiary/aromatic N) is 1. The van der Waals surface area contributed by atoms with Crippen molar-refractivity contribution in [2.75, 3.05) is 6.61 Å². The van der Waals surface area contributed by atoms with E-state index in [-0.39, 0.29) is 18.3 Å². The number of carbonyl (C=O) groups excluding carboxylic acids is 2. The molecular formula is C20H23NO4. The minimum Gasteiger partial charge on any atom is -0.427 e. The highest BCUT2D eigenvalue weighted by Gasteiger charge is 2.31. The van der Waals surface area contributed by atoms with Gasteiger partial charge < -0.3 is 9.57 Å². The van der Waals surface area contributed by atoms with Gasteiger partial charge in [-0.2, -0.15) is 0 Å². The Hall–Kier alpha value is -2.69. The molecule has 1 unspecified atom stereocenters. The molecule has 1 atom stereocenters. The zero-order valence-electron chi connectivity index (χ0n) is 14.7. The van der Waals surface area contributed by atoms with E-state index < -0.39 is 5.97 Å². The van der Waals surface area contributed by atoms with Crippen molar-refractivity contribution in [3.05, 3.63) is 59.9 Å². The second kappa shape index (κ2) is 8.97. The van der Waals surface area contributed by atoms with E-state index in [0.717, 1.165) is 0 Å². The third-order valence-electron chi connectivity index (χ3n) is 3.84. The molecule has 132 valence electrons. The molecule has 25 heavy (non-hydrogen) atoms. The topological polar surface area (TPSA) is 65.0 Å². The number of carbonyl (C=O) groups is 2. The molecule has 1 aromatic rings. The van der Waals surface area contributed by atoms with Crippen LogP contribution in [-0.4, -0.2) is 24.1 Å². The SMILES string of the molecule is C=CCON=C(CC)C1=C(OC(=O)c2ccccc2)CC(C)CC1=O. The van der Waals surface area contributed by atoms with Crippen molar-refractivity contribution in [1.82, 2.24) is 0 Å². The summed E-state index contributed by atoms with van der Waals surface area (Å²) in [5.74, 6) is -0.0580. The van der Waals surface area contributed by atoms with Crippen molar-refractivity contribution < 1.29 is 19.2 Å². The number of benzene rings is 1. The van der Waals surface area contributed by atoms with Gasteiger partial charge in [0.05, 0.1) is 16.8 Å². The van der Waals surface area contributed by atoms with Gasteiger partial charge in [0, 0.05) is 12.8 Å². The quantitative estimate of drug-likeness (QED) is 0.247. The van der Waals surface area contributed by atoms with E-state index in [9.17, 15) is 9.59 Å². The molecular weight excluding hydrogens is 318 g/mol. The molecule has 1 aromatic carbocycles. The number of Topliss-reactive ketones (excluding diaryl/α,β-unsaturated/α-hetero) is 1. The summed E-state index contributed by atoms with van der Waals surface area (Å²) in [6.45, 7) is 7.66. The summed E-state index contributed by atoms with van der Waals surface area (Å²) in [6.07, 6.45) is 2.99. The molecule has 0 aromatic heterocycles. The number of hydrogen-bond acceptors (Lipinski definition) is 5. The molecule has 5 nitrogen and oxygen atoms in total. The fraction of sp³-hybridized carbons (Fsp3) is 0.350. The molecule has 2 rings (SSSR count). The lowest BCUT2D eigenvalue weighted by molar-refractivity contribution is -0.116. The summed E-state index contributed by atoms with van der Waals surface area (Å²) >= 11 is 0. The van der Waals surface area contributed by atoms with Crippen LogP contribution in [0.1, 0.15) is 43.5 Å². The Morgan fingerprint density at radius 2 is 2.04 bits per heavy atom. The molecule has 0 saturated carbocycles. The molecule has 0 bridgehead atoms. The first-order chi connectivity index (χ1) is 12.1. The second-order valence-corrected chi connectivity index (χ2v) is 5.97. The van der Waals surface area contributed by atoms with Crippen LogP contribution in [0.25, 0.3) is 0 Å². The van der Waals surface area contributed by atoms with Crippen LogP contribution in [0.2, 0.25) is 0 Å². The molecule has 0 spiro atoms. The van der Waals surface area contributed by atoms with E-state index in [1.54, 1.807) is 30.3 Å². The predicted octanol–water partition coefficient (Wildman–Crippen LogP) is 4.07. The van der Waals surface area contributed by atoms with Gasteiger partial charge in [-0.25, -0.2) is 4.79 Å². The van der Waals surface area contributed by atoms with Crippen LogP contribution in [-0.2, 0) is 14.4 Å². The first kappa shape index (κ1) is 18.6. The zero-order chi connectivity index (χ0) is 18.2. The molecule has 0 N–H and O–H groups in total. The largest absolute Gasteiger partial charge is 0.427 e. The van der Waals surface area contributed by atoms with Crippen molar-refractivity contribution in [2.24, 2.45) is 11.1 Å². The van der Waals surface area contributed by atoms with E-state index in [0.29, 0.717) is 41.9 Å². The zero-order valence-corrected chi connectivity index (χ0v) is 14.7. The van der Waals surface area contributed by atoms with Crippen molar-refractivity contribution >= 4 is 17.5 Å². The van der Waals surface area contributed by atoms with Gasteiger partial charge in [-0.05, 0) is 24.5 Å². The molecule has 1 aliphatic rings. The fourth-order valence-electron chi connectivity index (χ4n) is 2.68. The van der Waals surface area contributed by atoms with Gasteiger partial charge in [-0.15, -0.1) is 0 Å². The molecule has 1 aliphatic carbocycles. The van der Waals surface area contributed by atoms with Gasteiger partial charge in [0.25, 0.3) is 0 Å². The Kier molecular flexibility index (Phi) is 6.69. The van der Waals surface area contributed by atoms with Gasteiger partial charge in [-0.3, -0.25) is 4.79 Å². The van der Waals surface area contributed by atoms with Gasteiger partial charge in [0.15, 0.2) is 5.78 Å². The fourth-order valence-corrected chi connectivity index (χ4v) is 2.68. The summed E-state index contributed by atoms with van der Waals surface area (Å²) in [4.78, 5) is 30.1. The highest BCUT2D eigenvalue weighted by molar-refractivity contribution is 6.23. The summed E-state index contributed by atoms with van der Waals surface area (Å²) in [5, 5.41) is 4.04. The monoisotopic (exact) mass is 341 g/mol. The highest BCUT2D eigenvalue weighted by Crippen LogP contribution is 2.30. The van der Waals surface area contributed by atoms with Crippen LogP contribution in [0.4, 0.5) is 0 Å². The Morgan fingerprint density at radius 3 is 2.68 bits per heavy atom. The predicted molar refractivity (Wildman–Crippen MR) is 96.2 cm³/mol. The van der Waals surface area contributed by atoms with Crippen molar-refractivity contribution in [3.63, 3.8) is 0 Å². The second-order valence-electron chi connectivity index (χ2n) is 5.97. The Labute approximate surface area is 148 Å². The first-order valence-corrected chi connectivity index (χ1v) is 8.40. The standard InChI is InChI=1S/C20H23NO4/c1-4-11-24-21-16(5-2)19-17(22)12-14(3)13-18(19)25-20(23)15-9-7-6-8-10-15/h4,6-10,14H,1,5,11-13H2,2-3H3. The number of esters is 1. The molecule has 0 amide bonds. The molecule has 0 heterocycles. The maximum atomic E-state index is 12.6. The number of allylic oxidation sites excluding steroid dienone is 2. The van der Waals surface area contributed by atoms with Crippen LogP contribution in [0.5, 0.6) is 0 Å². The number of rotatable bonds is 7. The van der Waals surface area contributed by atoms with E-state index in [1.165, 1.54) is 0 Å². The maximum absolute atomic E-state index is 12.6. The number of oxime groups is 1. The lowest BCUT2D eigenvalue weighted by Gasteiger charge is -2.23. The minimum absolute atomic E-state index is 0.0718. The van der Waals surface area contributed by atoms with E-state index in [2.05, 4.69) is 11.7 Å². The van der Waals surface area contributed by atoms with E-state index in [4.69, 9.17) is 9.57 Å². The Morgan fingerprint density at radius 1 is 1.32 bits per heavy atom. The number of hydrogen-bond donors (Lipinski definition) is 0. The van der Waals surface area contributed by atoms with Crippen molar-refractivity contribution in [3.8, 4) is 0 Å². The smallest absolute Gasteiger partial charge is 0.343 e. The molecule has 0 aliphatic heterocycles. The summed E-state index contributed by atoms with van der Waals surface area (Å²) < 4.78 is 5.58. The van der Waals surface area contributed by atoms with Crippen molar-refractivity contribution in [2.45, 2.75) is 33.1 Å². The van der Waals surface area contributed by atoms with Gasteiger partial charge in [0.2, 0.25) is 0 Å². The van der Waals surface area contributed by atoms with Crippen LogP contribution in [0.15, 0.2) is 59.5 Å². The van der Waals surface area contributed by atoms with E-state index in [1.807, 2.05) is 19.9 Å². The molecule has 5 heteroatoms. The third kappa shape index (κ3) is 4.89. The third-order valence-corrected chi connectivity index (χ3v) is 3.84. The van der Waals surface area contributed by atoms with Gasteiger partial charge >= 0.3 is 5.97 Å². The number of ether oxygens (including phenoxy) is 1. The minimum atomic E-state index is -0.475. The van der Waals surface area contributed by atoms with Crippen LogP contribution in [0, 0.1) is 5.92 Å². The first-order valence-electron chi connectivity index (χ1n) is 8.40. The van der Waals surface area contributed by atoms with Gasteiger partial charge in [-0.1, -0.05) is 49.9 Å². The van der Waals surface area contributed by atoms with E-state index >= 15 is 0 Å². The van der Waals surface area contributed by atoms with Crippen LogP contribution >= 0.6 is 0 Å². The average molecular weight is 341 g/mol. The van der Waals surface area contributed by atoms with Crippen LogP contribution < -0.4 is 0 Å². The summed E-state index contributed by atoms with van der Waals surface area (Å²) in [7, 11) is 0. The lowest BCUT2D eigenvalue weighted by Crippen LogP contribution is -2.25. The van der Waals surface area contributed by atoms with Crippen molar-refractivity contribution in [1.29, 1.82) is 0 Å². The highest BCUT2D eigenvalue weighted by atomic mass is 16.6. The Balaban J connectivity index is 2.35. The Bertz CT molecular complexity index is 704. The molecule has 0 fully saturated rings.